The lowest BCUT2D eigenvalue weighted by Crippen LogP contribution is -2.34. The van der Waals surface area contributed by atoms with Gasteiger partial charge in [-0.05, 0) is 60.7 Å². The largest absolute Gasteiger partial charge is 0.496 e. The van der Waals surface area contributed by atoms with Gasteiger partial charge in [0.25, 0.3) is 5.91 Å². The van der Waals surface area contributed by atoms with Crippen molar-refractivity contribution in [2.75, 3.05) is 25.6 Å². The lowest BCUT2D eigenvalue weighted by Gasteiger charge is -2.18. The quantitative estimate of drug-likeness (QED) is 0.519. The van der Waals surface area contributed by atoms with Crippen molar-refractivity contribution in [3.05, 3.63) is 59.9 Å². The van der Waals surface area contributed by atoms with Gasteiger partial charge in [-0.3, -0.25) is 10.1 Å². The Bertz CT molecular complexity index is 1130. The summed E-state index contributed by atoms with van der Waals surface area (Å²) in [4.78, 5) is 12.6. The second kappa shape index (κ2) is 9.07. The number of benzene rings is 2. The molecule has 0 aliphatic carbocycles. The van der Waals surface area contributed by atoms with Crippen molar-refractivity contribution in [2.24, 2.45) is 0 Å². The Kier molecular flexibility index (Phi) is 6.06. The van der Waals surface area contributed by atoms with Crippen LogP contribution in [0.5, 0.6) is 17.2 Å². The molecule has 0 saturated heterocycles. The van der Waals surface area contributed by atoms with Crippen molar-refractivity contribution >= 4 is 28.9 Å². The Morgan fingerprint density at radius 2 is 1.90 bits per heavy atom. The summed E-state index contributed by atoms with van der Waals surface area (Å²) in [6.07, 6.45) is 0. The van der Waals surface area contributed by atoms with Gasteiger partial charge in [-0.15, -0.1) is 0 Å². The van der Waals surface area contributed by atoms with Crippen LogP contribution in [0.1, 0.15) is 16.1 Å². The van der Waals surface area contributed by atoms with E-state index in [-0.39, 0.29) is 17.6 Å². The molecule has 0 saturated carbocycles. The number of aliphatic hydroxyl groups is 1. The van der Waals surface area contributed by atoms with E-state index in [0.29, 0.717) is 58.8 Å². The molecule has 3 N–H and O–H groups in total. The molecule has 0 atom stereocenters. The monoisotopic (exact) mass is 440 g/mol. The van der Waals surface area contributed by atoms with E-state index < -0.39 is 0 Å². The van der Waals surface area contributed by atoms with Gasteiger partial charge < -0.3 is 29.1 Å². The summed E-state index contributed by atoms with van der Waals surface area (Å²) in [5, 5.41) is 15.0. The van der Waals surface area contributed by atoms with Crippen molar-refractivity contribution in [1.29, 1.82) is 0 Å². The maximum atomic E-state index is 12.6. The molecule has 4 rings (SSSR count). The fourth-order valence-corrected chi connectivity index (χ4v) is 3.32. The number of furan rings is 1. The summed E-state index contributed by atoms with van der Waals surface area (Å²) in [5.74, 6) is 2.33. The smallest absolute Gasteiger partial charge is 0.257 e. The van der Waals surface area contributed by atoms with E-state index in [0.717, 1.165) is 0 Å². The maximum Gasteiger partial charge on any atom is 0.257 e. The number of rotatable bonds is 5. The van der Waals surface area contributed by atoms with Crippen LogP contribution in [-0.2, 0) is 6.61 Å². The normalized spacial score (nSPS) is 12.2. The molecule has 1 amide bonds. The third-order valence-electron chi connectivity index (χ3n) is 4.57. The minimum Gasteiger partial charge on any atom is -0.496 e. The van der Waals surface area contributed by atoms with Crippen LogP contribution in [0.25, 0.3) is 11.3 Å². The van der Waals surface area contributed by atoms with Crippen LogP contribution >= 0.6 is 12.2 Å². The van der Waals surface area contributed by atoms with Crippen molar-refractivity contribution in [3.8, 4) is 28.6 Å². The van der Waals surface area contributed by atoms with E-state index in [1.54, 1.807) is 55.6 Å². The van der Waals surface area contributed by atoms with Gasteiger partial charge in [-0.25, -0.2) is 0 Å². The van der Waals surface area contributed by atoms with E-state index >= 15 is 0 Å². The fourth-order valence-electron chi connectivity index (χ4n) is 3.11. The zero-order valence-electron chi connectivity index (χ0n) is 16.6. The minimum atomic E-state index is -0.373. The number of nitrogens with one attached hydrogen (secondary N) is 2. The molecule has 2 aromatic carbocycles. The van der Waals surface area contributed by atoms with Crippen molar-refractivity contribution < 1.29 is 28.5 Å². The average molecular weight is 440 g/mol. The highest BCUT2D eigenvalue weighted by molar-refractivity contribution is 7.80. The number of fused-ring (bicyclic) bond motifs is 1. The molecule has 160 valence electrons. The third-order valence-corrected chi connectivity index (χ3v) is 4.78. The molecule has 0 bridgehead atoms. The van der Waals surface area contributed by atoms with Gasteiger partial charge in [0.1, 0.15) is 37.1 Å². The van der Waals surface area contributed by atoms with E-state index in [2.05, 4.69) is 10.6 Å². The second-order valence-corrected chi connectivity index (χ2v) is 7.01. The molecule has 0 spiro atoms. The van der Waals surface area contributed by atoms with Crippen molar-refractivity contribution in [3.63, 3.8) is 0 Å². The van der Waals surface area contributed by atoms with E-state index in [1.807, 2.05) is 0 Å². The Balaban J connectivity index is 1.47. The average Bonchev–Trinajstić information content (AvgIpc) is 3.28. The van der Waals surface area contributed by atoms with Crippen LogP contribution < -0.4 is 24.8 Å². The van der Waals surface area contributed by atoms with Gasteiger partial charge in [-0.2, -0.15) is 0 Å². The Labute approximate surface area is 183 Å². The number of hydrogen-bond donors (Lipinski definition) is 3. The molecule has 0 radical (unpaired) electrons. The zero-order valence-corrected chi connectivity index (χ0v) is 17.5. The van der Waals surface area contributed by atoms with E-state index in [4.69, 9.17) is 30.8 Å². The van der Waals surface area contributed by atoms with Crippen LogP contribution in [0.2, 0.25) is 0 Å². The summed E-state index contributed by atoms with van der Waals surface area (Å²) in [7, 11) is 1.56. The molecule has 1 aliphatic heterocycles. The summed E-state index contributed by atoms with van der Waals surface area (Å²) < 4.78 is 22.0. The minimum absolute atomic E-state index is 0.131. The maximum absolute atomic E-state index is 12.6. The van der Waals surface area contributed by atoms with Gasteiger partial charge in [0.15, 0.2) is 16.6 Å². The molecule has 1 aliphatic rings. The van der Waals surface area contributed by atoms with Gasteiger partial charge in [0.05, 0.1) is 12.7 Å². The van der Waals surface area contributed by atoms with Gasteiger partial charge in [0.2, 0.25) is 0 Å². The van der Waals surface area contributed by atoms with Gasteiger partial charge >= 0.3 is 0 Å². The first kappa shape index (κ1) is 20.7. The molecule has 0 fully saturated rings. The number of ether oxygens (including phenoxy) is 3. The predicted molar refractivity (Wildman–Crippen MR) is 118 cm³/mol. The first-order chi connectivity index (χ1) is 15.1. The Morgan fingerprint density at radius 3 is 2.65 bits per heavy atom. The SMILES string of the molecule is COc1ccc(NC(=S)NC(=O)c2ccc3c(c2)OCCO3)cc1-c1ccc(CO)o1. The number of aliphatic hydroxyl groups excluding tert-OH is 1. The van der Waals surface area contributed by atoms with E-state index in [1.165, 1.54) is 0 Å². The number of carbonyl (C=O) groups is 1. The summed E-state index contributed by atoms with van der Waals surface area (Å²) in [6, 6.07) is 13.7. The van der Waals surface area contributed by atoms with Crippen LogP contribution in [0.15, 0.2) is 52.9 Å². The molecule has 3 aromatic rings. The van der Waals surface area contributed by atoms with Gasteiger partial charge in [-0.1, -0.05) is 0 Å². The highest BCUT2D eigenvalue weighted by Crippen LogP contribution is 2.34. The number of amides is 1. The standard InChI is InChI=1S/C22H20N2O6S/c1-27-17-6-3-14(11-16(17)18-7-4-15(12-25)30-18)23-22(31)24-21(26)13-2-5-19-20(10-13)29-9-8-28-19/h2-7,10-11,25H,8-9,12H2,1H3,(H2,23,24,26,31). The van der Waals surface area contributed by atoms with Gasteiger partial charge in [0, 0.05) is 11.3 Å². The lowest BCUT2D eigenvalue weighted by molar-refractivity contribution is 0.0976. The molecule has 8 nitrogen and oxygen atoms in total. The molecular formula is C22H20N2O6S. The first-order valence-corrected chi connectivity index (χ1v) is 9.88. The topological polar surface area (TPSA) is 102 Å². The summed E-state index contributed by atoms with van der Waals surface area (Å²) in [5.41, 5.74) is 1.70. The number of thiocarbonyl (C=S) groups is 1. The number of methoxy groups -OCH3 is 1. The third kappa shape index (κ3) is 4.62. The number of hydrogen-bond acceptors (Lipinski definition) is 7. The van der Waals surface area contributed by atoms with Crippen LogP contribution in [0, 0.1) is 0 Å². The first-order valence-electron chi connectivity index (χ1n) is 9.47. The predicted octanol–water partition coefficient (Wildman–Crippen LogP) is 3.35. The summed E-state index contributed by atoms with van der Waals surface area (Å²) in [6.45, 7) is 0.721. The molecule has 31 heavy (non-hydrogen) atoms. The molecular weight excluding hydrogens is 420 g/mol. The second-order valence-electron chi connectivity index (χ2n) is 6.61. The summed E-state index contributed by atoms with van der Waals surface area (Å²) >= 11 is 5.29. The number of anilines is 1. The van der Waals surface area contributed by atoms with Crippen LogP contribution in [0.4, 0.5) is 5.69 Å². The molecule has 0 unspecified atom stereocenters. The molecule has 1 aromatic heterocycles. The van der Waals surface area contributed by atoms with Crippen molar-refractivity contribution in [1.82, 2.24) is 5.32 Å². The highest BCUT2D eigenvalue weighted by atomic mass is 32.1. The molecule has 2 heterocycles. The Hall–Kier alpha value is -3.56. The van der Waals surface area contributed by atoms with Crippen LogP contribution in [0.3, 0.4) is 0 Å². The van der Waals surface area contributed by atoms with E-state index in [9.17, 15) is 9.90 Å². The lowest BCUT2D eigenvalue weighted by atomic mass is 10.1. The Morgan fingerprint density at radius 1 is 1.10 bits per heavy atom. The zero-order chi connectivity index (χ0) is 21.8. The van der Waals surface area contributed by atoms with Crippen LogP contribution in [-0.4, -0.2) is 36.4 Å². The molecule has 9 heteroatoms. The highest BCUT2D eigenvalue weighted by Gasteiger charge is 2.16. The fraction of sp³-hybridized carbons (Fsp3) is 0.182. The van der Waals surface area contributed by atoms with Crippen molar-refractivity contribution in [2.45, 2.75) is 6.61 Å². The number of carbonyl (C=O) groups excluding carboxylic acids is 1.